The third kappa shape index (κ3) is 4.61. The third-order valence-electron chi connectivity index (χ3n) is 6.57. The van der Waals surface area contributed by atoms with Crippen LogP contribution in [0, 0.1) is 0 Å². The van der Waals surface area contributed by atoms with Crippen molar-refractivity contribution < 1.29 is 0 Å². The van der Waals surface area contributed by atoms with Crippen LogP contribution in [-0.4, -0.2) is 48.8 Å². The van der Waals surface area contributed by atoms with Gasteiger partial charge in [0.15, 0.2) is 0 Å². The van der Waals surface area contributed by atoms with E-state index in [-0.39, 0.29) is 0 Å². The average molecular weight is 439 g/mol. The van der Waals surface area contributed by atoms with Gasteiger partial charge in [-0.15, -0.1) is 11.8 Å². The van der Waals surface area contributed by atoms with Crippen LogP contribution in [0.3, 0.4) is 0 Å². The van der Waals surface area contributed by atoms with Gasteiger partial charge in [0.1, 0.15) is 0 Å². The molecule has 3 aromatic rings. The predicted molar refractivity (Wildman–Crippen MR) is 139 cm³/mol. The Labute approximate surface area is 196 Å². The summed E-state index contributed by atoms with van der Waals surface area (Å²) >= 11 is 1.83. The Balaban J connectivity index is 1.35. The predicted octanol–water partition coefficient (Wildman–Crippen LogP) is 6.31. The van der Waals surface area contributed by atoms with Gasteiger partial charge in [-0.1, -0.05) is 85.0 Å². The molecular weight excluding hydrogens is 408 g/mol. The lowest BCUT2D eigenvalue weighted by Crippen LogP contribution is -2.47. The summed E-state index contributed by atoms with van der Waals surface area (Å²) in [7, 11) is 0. The molecule has 0 amide bonds. The highest BCUT2D eigenvalue weighted by Gasteiger charge is 2.29. The molecule has 1 unspecified atom stereocenters. The maximum absolute atomic E-state index is 2.69. The van der Waals surface area contributed by atoms with Crippen molar-refractivity contribution in [3.8, 4) is 0 Å². The van der Waals surface area contributed by atoms with Crippen molar-refractivity contribution in [1.29, 1.82) is 0 Å². The van der Waals surface area contributed by atoms with E-state index in [4.69, 9.17) is 0 Å². The first kappa shape index (κ1) is 21.3. The van der Waals surface area contributed by atoms with E-state index < -0.39 is 0 Å². The van der Waals surface area contributed by atoms with E-state index in [9.17, 15) is 0 Å². The molecular formula is C29H30N2S. The Bertz CT molecular complexity index is 1110. The minimum atomic E-state index is 0.310. The molecule has 3 heteroatoms. The van der Waals surface area contributed by atoms with Gasteiger partial charge in [-0.05, 0) is 46.2 Å². The topological polar surface area (TPSA) is 6.48 Å². The summed E-state index contributed by atoms with van der Waals surface area (Å²) < 4.78 is 0. The Hall–Kier alpha value is -2.59. The van der Waals surface area contributed by atoms with Crippen LogP contribution in [0.15, 0.2) is 83.8 Å². The van der Waals surface area contributed by atoms with Crippen molar-refractivity contribution in [3.63, 3.8) is 0 Å². The monoisotopic (exact) mass is 438 g/mol. The molecule has 1 atom stereocenters. The van der Waals surface area contributed by atoms with E-state index in [1.807, 2.05) is 11.8 Å². The van der Waals surface area contributed by atoms with Gasteiger partial charge in [-0.3, -0.25) is 9.80 Å². The number of rotatable bonds is 5. The van der Waals surface area contributed by atoms with Crippen molar-refractivity contribution in [3.05, 3.63) is 107 Å². The summed E-state index contributed by atoms with van der Waals surface area (Å²) in [4.78, 5) is 6.59. The van der Waals surface area contributed by atoms with Crippen LogP contribution < -0.4 is 0 Å². The highest BCUT2D eigenvalue weighted by atomic mass is 32.2. The zero-order chi connectivity index (χ0) is 21.8. The molecule has 0 N–H and O–H groups in total. The first-order valence-electron chi connectivity index (χ1n) is 11.4. The zero-order valence-corrected chi connectivity index (χ0v) is 19.5. The molecule has 1 heterocycles. The van der Waals surface area contributed by atoms with E-state index >= 15 is 0 Å². The molecule has 0 saturated carbocycles. The summed E-state index contributed by atoms with van der Waals surface area (Å²) in [5, 5.41) is 0. The second-order valence-corrected chi connectivity index (χ2v) is 9.39. The molecule has 32 heavy (non-hydrogen) atoms. The molecule has 5 rings (SSSR count). The van der Waals surface area contributed by atoms with Gasteiger partial charge in [-0.2, -0.15) is 0 Å². The van der Waals surface area contributed by atoms with Gasteiger partial charge in [-0.25, -0.2) is 0 Å². The van der Waals surface area contributed by atoms with Gasteiger partial charge in [0.25, 0.3) is 0 Å². The summed E-state index contributed by atoms with van der Waals surface area (Å²) in [5.74, 6) is 0. The van der Waals surface area contributed by atoms with E-state index in [0.717, 1.165) is 32.7 Å². The second-order valence-electron chi connectivity index (χ2n) is 8.51. The molecule has 162 valence electrons. The number of nitrogens with zero attached hydrogens (tertiary/aromatic N) is 2. The minimum absolute atomic E-state index is 0.310. The Morgan fingerprint density at radius 1 is 0.812 bits per heavy atom. The summed E-state index contributed by atoms with van der Waals surface area (Å²) in [6.07, 6.45) is 11.3. The van der Waals surface area contributed by atoms with Crippen LogP contribution in [0.1, 0.15) is 33.9 Å². The molecule has 1 saturated heterocycles. The van der Waals surface area contributed by atoms with Crippen molar-refractivity contribution in [1.82, 2.24) is 9.80 Å². The minimum Gasteiger partial charge on any atom is -0.297 e. The van der Waals surface area contributed by atoms with Gasteiger partial charge in [0, 0.05) is 37.6 Å². The Kier molecular flexibility index (Phi) is 6.59. The Morgan fingerprint density at radius 3 is 2.31 bits per heavy atom. The lowest BCUT2D eigenvalue weighted by Gasteiger charge is -2.40. The molecule has 0 aromatic heterocycles. The molecule has 0 spiro atoms. The van der Waals surface area contributed by atoms with Gasteiger partial charge in [0.05, 0.1) is 6.04 Å². The molecule has 1 fully saturated rings. The maximum Gasteiger partial charge on any atom is 0.0614 e. The fraction of sp³-hybridized carbons (Fsp3) is 0.241. The van der Waals surface area contributed by atoms with Crippen molar-refractivity contribution >= 4 is 30.0 Å². The summed E-state index contributed by atoms with van der Waals surface area (Å²) in [5.41, 5.74) is 6.83. The van der Waals surface area contributed by atoms with Crippen LogP contribution in [0.25, 0.3) is 18.2 Å². The molecule has 0 bridgehead atoms. The first-order chi connectivity index (χ1) is 15.8. The van der Waals surface area contributed by atoms with E-state index in [0.29, 0.717) is 6.04 Å². The van der Waals surface area contributed by atoms with E-state index in [1.54, 1.807) is 0 Å². The van der Waals surface area contributed by atoms with Crippen molar-refractivity contribution in [2.75, 3.05) is 39.0 Å². The molecule has 3 aromatic carbocycles. The standard InChI is InChI=1S/C29H30N2S/c1-32-26-16-15-25-14-13-24-11-5-6-12-27(24)29(28(25)22-26)31-20-18-30(19-21-31)17-7-10-23-8-3-2-4-9-23/h2-16,22,29H,17-21H2,1H3. The van der Waals surface area contributed by atoms with Gasteiger partial charge in [0.2, 0.25) is 0 Å². The largest absolute Gasteiger partial charge is 0.297 e. The molecule has 0 radical (unpaired) electrons. The zero-order valence-electron chi connectivity index (χ0n) is 18.7. The van der Waals surface area contributed by atoms with E-state index in [1.165, 1.54) is 32.7 Å². The number of piperazine rings is 1. The maximum atomic E-state index is 2.69. The van der Waals surface area contributed by atoms with Crippen LogP contribution >= 0.6 is 11.8 Å². The smallest absolute Gasteiger partial charge is 0.0614 e. The van der Waals surface area contributed by atoms with Crippen molar-refractivity contribution in [2.45, 2.75) is 10.9 Å². The summed E-state index contributed by atoms with van der Waals surface area (Å²) in [6.45, 7) is 5.38. The fourth-order valence-corrected chi connectivity index (χ4v) is 5.28. The second kappa shape index (κ2) is 9.91. The average Bonchev–Trinajstić information content (AvgIpc) is 3.01. The van der Waals surface area contributed by atoms with Crippen LogP contribution in [0.4, 0.5) is 0 Å². The SMILES string of the molecule is CSc1ccc2c(c1)C(N1CCN(CC=Cc3ccccc3)CC1)c1ccccc1C=C2. The lowest BCUT2D eigenvalue weighted by molar-refractivity contribution is 0.117. The molecule has 2 aliphatic rings. The number of thioether (sulfide) groups is 1. The van der Waals surface area contributed by atoms with Gasteiger partial charge < -0.3 is 0 Å². The third-order valence-corrected chi connectivity index (χ3v) is 7.29. The molecule has 2 nitrogen and oxygen atoms in total. The number of benzene rings is 3. The van der Waals surface area contributed by atoms with Crippen LogP contribution in [-0.2, 0) is 0 Å². The normalized spacial score (nSPS) is 19.0. The highest BCUT2D eigenvalue weighted by molar-refractivity contribution is 7.98. The Morgan fingerprint density at radius 2 is 1.53 bits per heavy atom. The number of hydrogen-bond donors (Lipinski definition) is 0. The van der Waals surface area contributed by atoms with Crippen molar-refractivity contribution in [2.24, 2.45) is 0 Å². The number of fused-ring (bicyclic) bond motifs is 2. The lowest BCUT2D eigenvalue weighted by atomic mass is 9.92. The van der Waals surface area contributed by atoms with Gasteiger partial charge >= 0.3 is 0 Å². The highest BCUT2D eigenvalue weighted by Crippen LogP contribution is 2.38. The quantitative estimate of drug-likeness (QED) is 0.431. The number of hydrogen-bond acceptors (Lipinski definition) is 3. The molecule has 1 aliphatic heterocycles. The fourth-order valence-electron chi connectivity index (χ4n) is 4.83. The van der Waals surface area contributed by atoms with E-state index in [2.05, 4.69) is 113 Å². The molecule has 1 aliphatic carbocycles. The van der Waals surface area contributed by atoms with Crippen LogP contribution in [0.5, 0.6) is 0 Å². The first-order valence-corrected chi connectivity index (χ1v) is 12.7. The summed E-state index contributed by atoms with van der Waals surface area (Å²) in [6, 6.07) is 26.8. The van der Waals surface area contributed by atoms with Crippen LogP contribution in [0.2, 0.25) is 0 Å².